The lowest BCUT2D eigenvalue weighted by Crippen LogP contribution is -2.13. The number of nitrogens with two attached hydrogens (primary N) is 1. The number of hydrogen-bond acceptors (Lipinski definition) is 4. The van der Waals surface area contributed by atoms with Gasteiger partial charge in [0.2, 0.25) is 5.89 Å². The Kier molecular flexibility index (Phi) is 3.63. The van der Waals surface area contributed by atoms with Gasteiger partial charge in [0.25, 0.3) is 0 Å². The van der Waals surface area contributed by atoms with E-state index in [0.29, 0.717) is 0 Å². The number of hydrogen-bond donors (Lipinski definition) is 1. The first-order chi connectivity index (χ1) is 6.54. The second-order valence-electron chi connectivity index (χ2n) is 4.51. The van der Waals surface area contributed by atoms with E-state index >= 15 is 0 Å². The van der Waals surface area contributed by atoms with Crippen LogP contribution in [0.15, 0.2) is 4.52 Å². The Hall–Kier alpha value is -0.900. The topological polar surface area (TPSA) is 64.9 Å². The van der Waals surface area contributed by atoms with Gasteiger partial charge in [-0.05, 0) is 19.4 Å². The van der Waals surface area contributed by atoms with Crippen LogP contribution >= 0.6 is 0 Å². The van der Waals surface area contributed by atoms with Crippen molar-refractivity contribution in [2.75, 3.05) is 6.54 Å². The molecule has 4 heteroatoms. The van der Waals surface area contributed by atoms with Crippen molar-refractivity contribution in [3.8, 4) is 0 Å². The van der Waals surface area contributed by atoms with E-state index in [1.165, 1.54) is 0 Å². The molecular weight excluding hydrogens is 178 g/mol. The maximum absolute atomic E-state index is 5.40. The highest BCUT2D eigenvalue weighted by atomic mass is 16.5. The Balaban J connectivity index is 2.51. The van der Waals surface area contributed by atoms with E-state index in [2.05, 4.69) is 30.9 Å². The summed E-state index contributed by atoms with van der Waals surface area (Å²) in [4.78, 5) is 4.33. The second kappa shape index (κ2) is 4.55. The van der Waals surface area contributed by atoms with E-state index in [1.807, 2.05) is 0 Å². The Labute approximate surface area is 84.9 Å². The molecule has 0 saturated carbocycles. The van der Waals surface area contributed by atoms with Crippen molar-refractivity contribution in [3.63, 3.8) is 0 Å². The van der Waals surface area contributed by atoms with Gasteiger partial charge in [0.05, 0.1) is 0 Å². The molecule has 80 valence electrons. The molecule has 0 saturated heterocycles. The highest BCUT2D eigenvalue weighted by Gasteiger charge is 2.20. The van der Waals surface area contributed by atoms with Gasteiger partial charge in [-0.15, -0.1) is 0 Å². The number of aryl methyl sites for hydroxylation is 1. The number of aromatic nitrogens is 2. The molecule has 0 unspecified atom stereocenters. The predicted octanol–water partition coefficient (Wildman–Crippen LogP) is 1.65. The van der Waals surface area contributed by atoms with Crippen molar-refractivity contribution >= 4 is 0 Å². The summed E-state index contributed by atoms with van der Waals surface area (Å²) in [5.74, 6) is 1.50. The van der Waals surface area contributed by atoms with E-state index in [-0.39, 0.29) is 5.41 Å². The average molecular weight is 197 g/mol. The van der Waals surface area contributed by atoms with Crippen LogP contribution in [0.2, 0.25) is 0 Å². The zero-order valence-corrected chi connectivity index (χ0v) is 9.21. The molecule has 0 fully saturated rings. The zero-order chi connectivity index (χ0) is 10.6. The third-order valence-corrected chi connectivity index (χ3v) is 1.98. The molecule has 1 rings (SSSR count). The van der Waals surface area contributed by atoms with Crippen molar-refractivity contribution in [1.82, 2.24) is 10.1 Å². The van der Waals surface area contributed by atoms with Gasteiger partial charge in [0, 0.05) is 11.8 Å². The van der Waals surface area contributed by atoms with E-state index in [4.69, 9.17) is 10.3 Å². The molecule has 0 aromatic carbocycles. The predicted molar refractivity (Wildman–Crippen MR) is 55.0 cm³/mol. The maximum atomic E-state index is 5.40. The molecular formula is C10H19N3O. The molecule has 4 nitrogen and oxygen atoms in total. The molecule has 0 aliphatic heterocycles. The summed E-state index contributed by atoms with van der Waals surface area (Å²) in [6.07, 6.45) is 2.86. The lowest BCUT2D eigenvalue weighted by atomic mass is 9.96. The van der Waals surface area contributed by atoms with E-state index in [1.54, 1.807) is 0 Å². The van der Waals surface area contributed by atoms with Gasteiger partial charge in [0.1, 0.15) is 0 Å². The van der Waals surface area contributed by atoms with Crippen LogP contribution in [0.4, 0.5) is 0 Å². The third-order valence-electron chi connectivity index (χ3n) is 1.98. The summed E-state index contributed by atoms with van der Waals surface area (Å²) in [5.41, 5.74) is 5.37. The molecule has 14 heavy (non-hydrogen) atoms. The summed E-state index contributed by atoms with van der Waals surface area (Å²) >= 11 is 0. The minimum absolute atomic E-state index is 0.0321. The van der Waals surface area contributed by atoms with Crippen LogP contribution in [-0.2, 0) is 11.8 Å². The third kappa shape index (κ3) is 3.10. The minimum Gasteiger partial charge on any atom is -0.339 e. The summed E-state index contributed by atoms with van der Waals surface area (Å²) in [7, 11) is 0. The molecule has 0 spiro atoms. The number of unbranched alkanes of at least 4 members (excludes halogenated alkanes) is 1. The molecule has 0 atom stereocenters. The Bertz CT molecular complexity index is 275. The van der Waals surface area contributed by atoms with Gasteiger partial charge in [-0.3, -0.25) is 0 Å². The Morgan fingerprint density at radius 2 is 2.00 bits per heavy atom. The first-order valence-electron chi connectivity index (χ1n) is 5.07. The van der Waals surface area contributed by atoms with Crippen molar-refractivity contribution in [3.05, 3.63) is 11.7 Å². The SMILES string of the molecule is CC(C)(C)c1noc(CCCCN)n1. The summed E-state index contributed by atoms with van der Waals surface area (Å²) in [6, 6.07) is 0. The first-order valence-corrected chi connectivity index (χ1v) is 5.07. The molecule has 0 amide bonds. The molecule has 0 bridgehead atoms. The van der Waals surface area contributed by atoms with Crippen molar-refractivity contribution in [2.45, 2.75) is 45.4 Å². The minimum atomic E-state index is -0.0321. The lowest BCUT2D eigenvalue weighted by molar-refractivity contribution is 0.360. The number of nitrogens with zero attached hydrogens (tertiary/aromatic N) is 2. The van der Waals surface area contributed by atoms with Crippen molar-refractivity contribution < 1.29 is 4.52 Å². The molecule has 2 N–H and O–H groups in total. The van der Waals surface area contributed by atoms with Gasteiger partial charge >= 0.3 is 0 Å². The van der Waals surface area contributed by atoms with E-state index in [0.717, 1.165) is 37.5 Å². The van der Waals surface area contributed by atoms with Gasteiger partial charge < -0.3 is 10.3 Å². The monoisotopic (exact) mass is 197 g/mol. The van der Waals surface area contributed by atoms with E-state index in [9.17, 15) is 0 Å². The number of rotatable bonds is 4. The normalized spacial score (nSPS) is 12.0. The molecule has 1 heterocycles. The summed E-state index contributed by atoms with van der Waals surface area (Å²) < 4.78 is 5.14. The molecule has 1 aromatic heterocycles. The lowest BCUT2D eigenvalue weighted by Gasteiger charge is -2.10. The van der Waals surface area contributed by atoms with Gasteiger partial charge in [-0.2, -0.15) is 4.98 Å². The zero-order valence-electron chi connectivity index (χ0n) is 9.21. The highest BCUT2D eigenvalue weighted by molar-refractivity contribution is 4.99. The van der Waals surface area contributed by atoms with Crippen molar-refractivity contribution in [1.29, 1.82) is 0 Å². The van der Waals surface area contributed by atoms with Crippen LogP contribution in [0.25, 0.3) is 0 Å². The van der Waals surface area contributed by atoms with Gasteiger partial charge in [-0.25, -0.2) is 0 Å². The molecule has 0 radical (unpaired) electrons. The van der Waals surface area contributed by atoms with Crippen LogP contribution in [0.5, 0.6) is 0 Å². The van der Waals surface area contributed by atoms with Crippen LogP contribution in [0, 0.1) is 0 Å². The summed E-state index contributed by atoms with van der Waals surface area (Å²) in [6.45, 7) is 6.94. The largest absolute Gasteiger partial charge is 0.339 e. The molecule has 0 aliphatic rings. The smallest absolute Gasteiger partial charge is 0.226 e. The van der Waals surface area contributed by atoms with Crippen LogP contribution < -0.4 is 5.73 Å². The Morgan fingerprint density at radius 1 is 1.29 bits per heavy atom. The second-order valence-corrected chi connectivity index (χ2v) is 4.51. The Morgan fingerprint density at radius 3 is 2.50 bits per heavy atom. The fourth-order valence-corrected chi connectivity index (χ4v) is 1.08. The first kappa shape index (κ1) is 11.2. The standard InChI is InChI=1S/C10H19N3O/c1-10(2,3)9-12-8(14-13-9)6-4-5-7-11/h4-7,11H2,1-3H3. The van der Waals surface area contributed by atoms with Crippen LogP contribution in [-0.4, -0.2) is 16.7 Å². The van der Waals surface area contributed by atoms with Crippen molar-refractivity contribution in [2.24, 2.45) is 5.73 Å². The fourth-order valence-electron chi connectivity index (χ4n) is 1.08. The molecule has 0 aliphatic carbocycles. The average Bonchev–Trinajstić information content (AvgIpc) is 2.52. The van der Waals surface area contributed by atoms with Crippen LogP contribution in [0.3, 0.4) is 0 Å². The quantitative estimate of drug-likeness (QED) is 0.745. The molecule has 1 aromatic rings. The fraction of sp³-hybridized carbons (Fsp3) is 0.800. The van der Waals surface area contributed by atoms with Crippen LogP contribution in [0.1, 0.15) is 45.3 Å². The van der Waals surface area contributed by atoms with Gasteiger partial charge in [-0.1, -0.05) is 25.9 Å². The maximum Gasteiger partial charge on any atom is 0.226 e. The van der Waals surface area contributed by atoms with E-state index < -0.39 is 0 Å². The highest BCUT2D eigenvalue weighted by Crippen LogP contribution is 2.18. The summed E-state index contributed by atoms with van der Waals surface area (Å²) in [5, 5.41) is 3.95. The van der Waals surface area contributed by atoms with Gasteiger partial charge in [0.15, 0.2) is 5.82 Å².